The van der Waals surface area contributed by atoms with Crippen molar-refractivity contribution in [1.29, 1.82) is 0 Å². The highest BCUT2D eigenvalue weighted by atomic mass is 35.5. The van der Waals surface area contributed by atoms with Crippen LogP contribution in [0.1, 0.15) is 31.9 Å². The molecule has 2 aromatic carbocycles. The molecule has 1 amide bonds. The van der Waals surface area contributed by atoms with Gasteiger partial charge in [-0.05, 0) is 41.3 Å². The van der Waals surface area contributed by atoms with Crippen molar-refractivity contribution in [2.75, 3.05) is 5.32 Å². The van der Waals surface area contributed by atoms with Crippen molar-refractivity contribution < 1.29 is 9.21 Å². The lowest BCUT2D eigenvalue weighted by Gasteiger charge is -2.18. The van der Waals surface area contributed by atoms with Crippen molar-refractivity contribution in [3.05, 3.63) is 63.8 Å². The molecule has 3 nitrogen and oxygen atoms in total. The van der Waals surface area contributed by atoms with Gasteiger partial charge >= 0.3 is 0 Å². The third kappa shape index (κ3) is 4.00. The zero-order chi connectivity index (χ0) is 18.2. The lowest BCUT2D eigenvalue weighted by Crippen LogP contribution is -2.14. The van der Waals surface area contributed by atoms with Gasteiger partial charge in [0.2, 0.25) is 5.91 Å². The van der Waals surface area contributed by atoms with Crippen LogP contribution < -0.4 is 5.32 Å². The first-order valence-electron chi connectivity index (χ1n) is 7.99. The van der Waals surface area contributed by atoms with Crippen LogP contribution in [0.2, 0.25) is 10.0 Å². The summed E-state index contributed by atoms with van der Waals surface area (Å²) in [5, 5.41) is 4.66. The molecule has 0 radical (unpaired) electrons. The highest BCUT2D eigenvalue weighted by Crippen LogP contribution is 2.29. The highest BCUT2D eigenvalue weighted by molar-refractivity contribution is 6.42. The van der Waals surface area contributed by atoms with Crippen LogP contribution in [0.5, 0.6) is 0 Å². The van der Waals surface area contributed by atoms with Gasteiger partial charge < -0.3 is 9.73 Å². The number of halogens is 2. The van der Waals surface area contributed by atoms with Crippen LogP contribution in [0.4, 0.5) is 5.69 Å². The van der Waals surface area contributed by atoms with Crippen LogP contribution in [-0.4, -0.2) is 5.91 Å². The predicted molar refractivity (Wildman–Crippen MR) is 104 cm³/mol. The van der Waals surface area contributed by atoms with Crippen LogP contribution >= 0.6 is 23.2 Å². The molecule has 25 heavy (non-hydrogen) atoms. The molecule has 1 aromatic heterocycles. The van der Waals surface area contributed by atoms with Gasteiger partial charge in [-0.15, -0.1) is 0 Å². The number of benzene rings is 2. The first-order valence-corrected chi connectivity index (χ1v) is 8.75. The van der Waals surface area contributed by atoms with Crippen LogP contribution in [-0.2, 0) is 16.6 Å². The molecule has 0 unspecified atom stereocenters. The van der Waals surface area contributed by atoms with Gasteiger partial charge in [-0.1, -0.05) is 50.0 Å². The minimum absolute atomic E-state index is 0.0328. The molecule has 5 heteroatoms. The molecule has 130 valence electrons. The van der Waals surface area contributed by atoms with Crippen molar-refractivity contribution in [1.82, 2.24) is 0 Å². The molecule has 0 aliphatic rings. The van der Waals surface area contributed by atoms with Crippen LogP contribution in [0.15, 0.2) is 47.1 Å². The van der Waals surface area contributed by atoms with E-state index in [0.717, 1.165) is 16.5 Å². The Balaban J connectivity index is 1.82. The van der Waals surface area contributed by atoms with E-state index < -0.39 is 0 Å². The average molecular weight is 376 g/mol. The molecule has 1 N–H and O–H groups in total. The van der Waals surface area contributed by atoms with Gasteiger partial charge in [-0.2, -0.15) is 0 Å². The number of furan rings is 1. The smallest absolute Gasteiger partial charge is 0.228 e. The Labute approximate surface area is 156 Å². The topological polar surface area (TPSA) is 42.2 Å². The molecular formula is C20H19Cl2NO2. The molecule has 3 rings (SSSR count). The molecule has 0 aliphatic heterocycles. The van der Waals surface area contributed by atoms with Gasteiger partial charge in [-0.3, -0.25) is 4.79 Å². The standard InChI is InChI=1S/C20H19Cl2NO2/c1-20(2,3)13-4-7-18-15(9-13)12(11-25-18)8-19(24)23-14-5-6-16(21)17(22)10-14/h4-7,9-11H,8H2,1-3H3,(H,23,24). The van der Waals surface area contributed by atoms with E-state index in [9.17, 15) is 4.79 Å². The monoisotopic (exact) mass is 375 g/mol. The van der Waals surface area contributed by atoms with Gasteiger partial charge in [-0.25, -0.2) is 0 Å². The van der Waals surface area contributed by atoms with Crippen molar-refractivity contribution in [2.24, 2.45) is 0 Å². The van der Waals surface area contributed by atoms with E-state index in [2.05, 4.69) is 38.2 Å². The molecule has 0 atom stereocenters. The summed E-state index contributed by atoms with van der Waals surface area (Å²) in [5.74, 6) is -0.137. The Morgan fingerprint density at radius 1 is 1.08 bits per heavy atom. The van der Waals surface area contributed by atoms with E-state index in [0.29, 0.717) is 15.7 Å². The second-order valence-electron chi connectivity index (χ2n) is 7.08. The Kier molecular flexibility index (Phi) is 4.81. The molecule has 0 fully saturated rings. The fraction of sp³-hybridized carbons (Fsp3) is 0.250. The molecule has 3 aromatic rings. The number of hydrogen-bond donors (Lipinski definition) is 1. The molecule has 0 spiro atoms. The van der Waals surface area contributed by atoms with Crippen LogP contribution in [0.25, 0.3) is 11.0 Å². The number of hydrogen-bond acceptors (Lipinski definition) is 2. The molecular weight excluding hydrogens is 357 g/mol. The van der Waals surface area contributed by atoms with Gasteiger partial charge in [0.05, 0.1) is 22.7 Å². The van der Waals surface area contributed by atoms with E-state index in [1.807, 2.05) is 6.07 Å². The quantitative estimate of drug-likeness (QED) is 0.590. The van der Waals surface area contributed by atoms with Gasteiger partial charge in [0.1, 0.15) is 5.58 Å². The number of carbonyl (C=O) groups is 1. The summed E-state index contributed by atoms with van der Waals surface area (Å²) in [6.45, 7) is 6.47. The zero-order valence-corrected chi connectivity index (χ0v) is 15.8. The van der Waals surface area contributed by atoms with Gasteiger partial charge in [0.25, 0.3) is 0 Å². The zero-order valence-electron chi connectivity index (χ0n) is 14.3. The number of amides is 1. The molecule has 0 saturated heterocycles. The number of fused-ring (bicyclic) bond motifs is 1. The maximum atomic E-state index is 12.4. The Morgan fingerprint density at radius 2 is 1.84 bits per heavy atom. The normalized spacial score (nSPS) is 11.7. The fourth-order valence-corrected chi connectivity index (χ4v) is 2.94. The fourth-order valence-electron chi connectivity index (χ4n) is 2.64. The Hall–Kier alpha value is -1.97. The highest BCUT2D eigenvalue weighted by Gasteiger charge is 2.17. The minimum Gasteiger partial charge on any atom is -0.464 e. The Bertz CT molecular complexity index is 939. The predicted octanol–water partition coefficient (Wildman–Crippen LogP) is 6.22. The SMILES string of the molecule is CC(C)(C)c1ccc2occ(CC(=O)Nc3ccc(Cl)c(Cl)c3)c2c1. The summed E-state index contributed by atoms with van der Waals surface area (Å²) in [7, 11) is 0. The van der Waals surface area contributed by atoms with E-state index in [1.165, 1.54) is 5.56 Å². The summed E-state index contributed by atoms with van der Waals surface area (Å²) < 4.78 is 5.58. The number of nitrogens with one attached hydrogen (secondary N) is 1. The second-order valence-corrected chi connectivity index (χ2v) is 7.89. The van der Waals surface area contributed by atoms with Crippen LogP contribution in [0.3, 0.4) is 0 Å². The third-order valence-corrected chi connectivity index (χ3v) is 4.81. The molecule has 1 heterocycles. The van der Waals surface area contributed by atoms with E-state index in [-0.39, 0.29) is 17.7 Å². The minimum atomic E-state index is -0.137. The van der Waals surface area contributed by atoms with Gasteiger partial charge in [0, 0.05) is 16.6 Å². The number of rotatable bonds is 3. The van der Waals surface area contributed by atoms with E-state index in [1.54, 1.807) is 24.5 Å². The summed E-state index contributed by atoms with van der Waals surface area (Å²) in [6.07, 6.45) is 1.87. The van der Waals surface area contributed by atoms with Crippen molar-refractivity contribution in [2.45, 2.75) is 32.6 Å². The summed E-state index contributed by atoms with van der Waals surface area (Å²) >= 11 is 11.9. The van der Waals surface area contributed by atoms with E-state index >= 15 is 0 Å². The lowest BCUT2D eigenvalue weighted by atomic mass is 9.86. The summed E-state index contributed by atoms with van der Waals surface area (Å²) in [4.78, 5) is 12.4. The first kappa shape index (κ1) is 17.8. The van der Waals surface area contributed by atoms with Crippen molar-refractivity contribution in [3.63, 3.8) is 0 Å². The average Bonchev–Trinajstić information content (AvgIpc) is 2.92. The number of anilines is 1. The molecule has 0 bridgehead atoms. The lowest BCUT2D eigenvalue weighted by molar-refractivity contribution is -0.115. The third-order valence-electron chi connectivity index (χ3n) is 4.07. The summed E-state index contributed by atoms with van der Waals surface area (Å²) in [5.41, 5.74) is 3.49. The number of carbonyl (C=O) groups excluding carboxylic acids is 1. The second kappa shape index (κ2) is 6.74. The first-order chi connectivity index (χ1) is 11.7. The molecule has 0 aliphatic carbocycles. The van der Waals surface area contributed by atoms with Crippen LogP contribution in [0, 0.1) is 0 Å². The van der Waals surface area contributed by atoms with Crippen molar-refractivity contribution in [3.8, 4) is 0 Å². The molecule has 0 saturated carbocycles. The van der Waals surface area contributed by atoms with Crippen molar-refractivity contribution >= 4 is 45.8 Å². The maximum Gasteiger partial charge on any atom is 0.228 e. The largest absolute Gasteiger partial charge is 0.464 e. The summed E-state index contributed by atoms with van der Waals surface area (Å²) in [6, 6.07) is 11.1. The Morgan fingerprint density at radius 3 is 2.52 bits per heavy atom. The van der Waals surface area contributed by atoms with Gasteiger partial charge in [0.15, 0.2) is 0 Å². The van der Waals surface area contributed by atoms with E-state index in [4.69, 9.17) is 27.6 Å². The maximum absolute atomic E-state index is 12.4.